The molecule has 2 heterocycles. The van der Waals surface area contributed by atoms with E-state index < -0.39 is 17.2 Å². The van der Waals surface area contributed by atoms with E-state index in [2.05, 4.69) is 41.6 Å². The smallest absolute Gasteiger partial charge is 0.408 e. The molecule has 0 atom stereocenters. The minimum absolute atomic E-state index is 0.226. The molecule has 2 aromatic heterocycles. The molecule has 0 saturated heterocycles. The Balaban J connectivity index is 1.57. The maximum Gasteiger partial charge on any atom is 0.408 e. The number of aromatic nitrogens is 4. The van der Waals surface area contributed by atoms with Crippen molar-refractivity contribution >= 4 is 44.6 Å². The third kappa shape index (κ3) is 7.42. The van der Waals surface area contributed by atoms with E-state index in [1.54, 1.807) is 17.1 Å². The number of fused-ring (bicyclic) bond motifs is 1. The van der Waals surface area contributed by atoms with Gasteiger partial charge in [0.05, 0.1) is 17.3 Å². The Morgan fingerprint density at radius 3 is 2.54 bits per heavy atom. The van der Waals surface area contributed by atoms with E-state index in [-0.39, 0.29) is 6.61 Å². The van der Waals surface area contributed by atoms with Crippen molar-refractivity contribution in [2.75, 3.05) is 11.9 Å². The molecule has 9 nitrogen and oxygen atoms in total. The molecule has 0 spiro atoms. The molecule has 0 bridgehead atoms. The van der Waals surface area contributed by atoms with Crippen molar-refractivity contribution in [1.29, 1.82) is 0 Å². The molecule has 0 aliphatic heterocycles. The molecule has 37 heavy (non-hydrogen) atoms. The minimum Gasteiger partial charge on any atom is -0.491 e. The Hall–Kier alpha value is -3.66. The highest BCUT2D eigenvalue weighted by Gasteiger charge is 2.25. The number of ether oxygens (including phenoxy) is 2. The van der Waals surface area contributed by atoms with Gasteiger partial charge in [0.2, 0.25) is 5.95 Å². The Kier molecular flexibility index (Phi) is 7.40. The van der Waals surface area contributed by atoms with Crippen molar-refractivity contribution in [2.24, 2.45) is 7.05 Å². The summed E-state index contributed by atoms with van der Waals surface area (Å²) in [5.74, 6) is 1.09. The van der Waals surface area contributed by atoms with E-state index in [0.717, 1.165) is 32.2 Å². The number of hydrogen-bond donors (Lipinski definition) is 2. The number of rotatable bonds is 7. The van der Waals surface area contributed by atoms with Crippen LogP contribution in [-0.2, 0) is 11.8 Å². The number of alkyl carbamates (subject to hydrolysis) is 1. The molecule has 0 fully saturated rings. The molecular weight excluding hydrogens is 536 g/mol. The second kappa shape index (κ2) is 10.4. The average molecular weight is 567 g/mol. The fourth-order valence-corrected chi connectivity index (χ4v) is 3.94. The van der Waals surface area contributed by atoms with E-state index in [1.807, 2.05) is 84.3 Å². The Bertz CT molecular complexity index is 1430. The Labute approximate surface area is 224 Å². The normalized spacial score (nSPS) is 11.9. The molecule has 0 unspecified atom stereocenters. The van der Waals surface area contributed by atoms with E-state index in [0.29, 0.717) is 11.7 Å². The summed E-state index contributed by atoms with van der Waals surface area (Å²) in [6, 6.07) is 11.7. The van der Waals surface area contributed by atoms with Crippen LogP contribution in [0.4, 0.5) is 16.4 Å². The lowest BCUT2D eigenvalue weighted by Gasteiger charge is -2.28. The number of halogens is 1. The highest BCUT2D eigenvalue weighted by atomic mass is 79.9. The predicted molar refractivity (Wildman–Crippen MR) is 148 cm³/mol. The first-order valence-corrected chi connectivity index (χ1v) is 12.6. The van der Waals surface area contributed by atoms with E-state index in [1.165, 1.54) is 0 Å². The van der Waals surface area contributed by atoms with Crippen molar-refractivity contribution in [3.05, 3.63) is 59.5 Å². The summed E-state index contributed by atoms with van der Waals surface area (Å²) >= 11 is 3.48. The first kappa shape index (κ1) is 26.4. The van der Waals surface area contributed by atoms with Crippen LogP contribution in [0.1, 0.15) is 34.6 Å². The Morgan fingerprint density at radius 1 is 1.05 bits per heavy atom. The molecule has 2 N–H and O–H groups in total. The van der Waals surface area contributed by atoms with Gasteiger partial charge in [-0.25, -0.2) is 14.8 Å². The van der Waals surface area contributed by atoms with Gasteiger partial charge in [-0.2, -0.15) is 5.10 Å². The monoisotopic (exact) mass is 566 g/mol. The van der Waals surface area contributed by atoms with Crippen LogP contribution in [0, 0.1) is 0 Å². The second-order valence-corrected chi connectivity index (χ2v) is 11.4. The number of carbonyl (C=O) groups excluding carboxylic acids is 1. The van der Waals surface area contributed by atoms with Crippen LogP contribution in [0.3, 0.4) is 0 Å². The van der Waals surface area contributed by atoms with Gasteiger partial charge in [0.1, 0.15) is 18.0 Å². The topological polar surface area (TPSA) is 103 Å². The number of hydrogen-bond acceptors (Lipinski definition) is 7. The van der Waals surface area contributed by atoms with Gasteiger partial charge in [-0.15, -0.1) is 0 Å². The lowest BCUT2D eigenvalue weighted by atomic mass is 10.1. The predicted octanol–water partition coefficient (Wildman–Crippen LogP) is 6.22. The van der Waals surface area contributed by atoms with Gasteiger partial charge < -0.3 is 20.1 Å². The molecule has 4 aromatic rings. The van der Waals surface area contributed by atoms with Gasteiger partial charge in [0.25, 0.3) is 0 Å². The van der Waals surface area contributed by atoms with Crippen LogP contribution in [0.5, 0.6) is 5.75 Å². The lowest BCUT2D eigenvalue weighted by molar-refractivity contribution is 0.0441. The van der Waals surface area contributed by atoms with E-state index in [9.17, 15) is 4.79 Å². The molecule has 0 radical (unpaired) electrons. The molecular formula is C27H31BrN6O3. The third-order valence-corrected chi connectivity index (χ3v) is 5.67. The largest absolute Gasteiger partial charge is 0.491 e. The molecule has 0 aliphatic rings. The van der Waals surface area contributed by atoms with E-state index >= 15 is 0 Å². The first-order valence-electron chi connectivity index (χ1n) is 11.8. The minimum atomic E-state index is -0.671. The summed E-state index contributed by atoms with van der Waals surface area (Å²) in [7, 11) is 1.87. The van der Waals surface area contributed by atoms with Crippen LogP contribution in [-0.4, -0.2) is 43.6 Å². The molecule has 0 aliphatic carbocycles. The van der Waals surface area contributed by atoms with Crippen molar-refractivity contribution in [2.45, 2.75) is 45.8 Å². The van der Waals surface area contributed by atoms with Gasteiger partial charge in [-0.1, -0.05) is 15.9 Å². The molecule has 194 valence electrons. The fourth-order valence-electron chi connectivity index (χ4n) is 3.56. The standard InChI is InChI=1S/C27H31BrN6O3/c1-26(2,3)37-25(35)33-27(4,5)16-36-22-11-17(19-14-30-34(6)15-19)10-21(12-22)31-24-29-13-18-9-20(28)7-8-23(18)32-24/h7-15H,16H2,1-6H3,(H,33,35)(H,29,31,32). The van der Waals surface area contributed by atoms with Gasteiger partial charge in [0, 0.05) is 46.6 Å². The highest BCUT2D eigenvalue weighted by molar-refractivity contribution is 9.10. The van der Waals surface area contributed by atoms with Gasteiger partial charge >= 0.3 is 6.09 Å². The van der Waals surface area contributed by atoms with Crippen LogP contribution in [0.25, 0.3) is 22.0 Å². The summed E-state index contributed by atoms with van der Waals surface area (Å²) in [5.41, 5.74) is 2.18. The number of carbonyl (C=O) groups is 1. The highest BCUT2D eigenvalue weighted by Crippen LogP contribution is 2.30. The fraction of sp³-hybridized carbons (Fsp3) is 0.333. The van der Waals surface area contributed by atoms with E-state index in [4.69, 9.17) is 9.47 Å². The quantitative estimate of drug-likeness (QED) is 0.273. The summed E-state index contributed by atoms with van der Waals surface area (Å²) < 4.78 is 14.3. The summed E-state index contributed by atoms with van der Waals surface area (Å²) in [6.45, 7) is 9.46. The SMILES string of the molecule is Cn1cc(-c2cc(Nc3ncc4cc(Br)ccc4n3)cc(OCC(C)(C)NC(=O)OC(C)(C)C)c2)cn1. The maximum atomic E-state index is 12.3. The van der Waals surface area contributed by atoms with Crippen LogP contribution in [0.2, 0.25) is 0 Å². The van der Waals surface area contributed by atoms with Gasteiger partial charge in [-0.3, -0.25) is 4.68 Å². The summed E-state index contributed by atoms with van der Waals surface area (Å²) in [4.78, 5) is 21.4. The number of aryl methyl sites for hydroxylation is 1. The number of anilines is 2. The number of benzene rings is 2. The molecule has 4 rings (SSSR count). The summed E-state index contributed by atoms with van der Waals surface area (Å²) in [6.07, 6.45) is 5.01. The van der Waals surface area contributed by atoms with Crippen molar-refractivity contribution < 1.29 is 14.3 Å². The Morgan fingerprint density at radius 2 is 1.84 bits per heavy atom. The maximum absolute atomic E-state index is 12.3. The number of nitrogens with zero attached hydrogens (tertiary/aromatic N) is 4. The van der Waals surface area contributed by atoms with Crippen LogP contribution in [0.15, 0.2) is 59.5 Å². The zero-order valence-corrected chi connectivity index (χ0v) is 23.4. The van der Waals surface area contributed by atoms with Gasteiger partial charge in [0.15, 0.2) is 0 Å². The van der Waals surface area contributed by atoms with Crippen LogP contribution < -0.4 is 15.4 Å². The molecule has 0 saturated carbocycles. The average Bonchev–Trinajstić information content (AvgIpc) is 3.22. The lowest BCUT2D eigenvalue weighted by Crippen LogP contribution is -2.49. The zero-order valence-electron chi connectivity index (χ0n) is 21.8. The zero-order chi connectivity index (χ0) is 26.8. The second-order valence-electron chi connectivity index (χ2n) is 10.5. The van der Waals surface area contributed by atoms with Crippen molar-refractivity contribution in [3.63, 3.8) is 0 Å². The van der Waals surface area contributed by atoms with Crippen molar-refractivity contribution in [3.8, 4) is 16.9 Å². The number of nitrogens with one attached hydrogen (secondary N) is 2. The van der Waals surface area contributed by atoms with Crippen LogP contribution >= 0.6 is 15.9 Å². The molecule has 2 aromatic carbocycles. The molecule has 10 heteroatoms. The summed E-state index contributed by atoms with van der Waals surface area (Å²) in [5, 5.41) is 11.4. The molecule has 1 amide bonds. The number of amides is 1. The van der Waals surface area contributed by atoms with Gasteiger partial charge in [-0.05, 0) is 70.5 Å². The van der Waals surface area contributed by atoms with Crippen molar-refractivity contribution in [1.82, 2.24) is 25.1 Å². The first-order chi connectivity index (χ1) is 17.3. The third-order valence-electron chi connectivity index (χ3n) is 5.18.